The van der Waals surface area contributed by atoms with Gasteiger partial charge in [-0.3, -0.25) is 4.98 Å². The van der Waals surface area contributed by atoms with Gasteiger partial charge < -0.3 is 4.74 Å². The summed E-state index contributed by atoms with van der Waals surface area (Å²) in [6, 6.07) is 9.42. The molecule has 0 saturated heterocycles. The SMILES string of the molecule is NS(=O)(=O)CCOc1cnc2ccccc2c1. The third-order valence-electron chi connectivity index (χ3n) is 2.20. The number of benzene rings is 1. The summed E-state index contributed by atoms with van der Waals surface area (Å²) in [5, 5.41) is 5.81. The number of aromatic nitrogens is 1. The lowest BCUT2D eigenvalue weighted by Crippen LogP contribution is -2.21. The third-order valence-corrected chi connectivity index (χ3v) is 2.94. The van der Waals surface area contributed by atoms with Gasteiger partial charge in [-0.2, -0.15) is 0 Å². The number of para-hydroxylation sites is 1. The van der Waals surface area contributed by atoms with Gasteiger partial charge in [-0.05, 0) is 12.1 Å². The Balaban J connectivity index is 2.09. The number of rotatable bonds is 4. The number of hydrogen-bond acceptors (Lipinski definition) is 4. The van der Waals surface area contributed by atoms with Gasteiger partial charge in [-0.1, -0.05) is 18.2 Å². The summed E-state index contributed by atoms with van der Waals surface area (Å²) in [4.78, 5) is 4.19. The van der Waals surface area contributed by atoms with Gasteiger partial charge in [0.2, 0.25) is 10.0 Å². The molecule has 2 rings (SSSR count). The molecule has 2 N–H and O–H groups in total. The first-order valence-corrected chi connectivity index (χ1v) is 6.74. The molecule has 0 atom stereocenters. The van der Waals surface area contributed by atoms with Crippen molar-refractivity contribution in [2.24, 2.45) is 5.14 Å². The van der Waals surface area contributed by atoms with Crippen molar-refractivity contribution in [3.8, 4) is 5.75 Å². The Bertz CT molecular complexity index is 625. The number of hydrogen-bond donors (Lipinski definition) is 1. The van der Waals surface area contributed by atoms with Crippen molar-refractivity contribution in [2.75, 3.05) is 12.4 Å². The largest absolute Gasteiger partial charge is 0.491 e. The average Bonchev–Trinajstić information content (AvgIpc) is 2.27. The van der Waals surface area contributed by atoms with E-state index >= 15 is 0 Å². The number of ether oxygens (including phenoxy) is 1. The monoisotopic (exact) mass is 252 g/mol. The third kappa shape index (κ3) is 3.40. The zero-order chi connectivity index (χ0) is 12.3. The Kier molecular flexibility index (Phi) is 3.26. The Morgan fingerprint density at radius 2 is 2.06 bits per heavy atom. The molecular formula is C11H12N2O3S. The number of pyridine rings is 1. The summed E-state index contributed by atoms with van der Waals surface area (Å²) >= 11 is 0. The first-order valence-electron chi connectivity index (χ1n) is 5.03. The fraction of sp³-hybridized carbons (Fsp3) is 0.182. The predicted molar refractivity (Wildman–Crippen MR) is 65.2 cm³/mol. The molecule has 2 aromatic rings. The molecule has 5 nitrogen and oxygen atoms in total. The van der Waals surface area contributed by atoms with E-state index in [4.69, 9.17) is 9.88 Å². The van der Waals surface area contributed by atoms with Crippen LogP contribution in [-0.4, -0.2) is 25.8 Å². The second kappa shape index (κ2) is 4.68. The quantitative estimate of drug-likeness (QED) is 0.876. The molecule has 0 radical (unpaired) electrons. The molecular weight excluding hydrogens is 240 g/mol. The van der Waals surface area contributed by atoms with Crippen LogP contribution in [0.3, 0.4) is 0 Å². The standard InChI is InChI=1S/C11H12N2O3S/c12-17(14,15)6-5-16-10-7-9-3-1-2-4-11(9)13-8-10/h1-4,7-8H,5-6H2,(H2,12,14,15). The van der Waals surface area contributed by atoms with Crippen LogP contribution >= 0.6 is 0 Å². The summed E-state index contributed by atoms with van der Waals surface area (Å²) in [6.07, 6.45) is 1.56. The lowest BCUT2D eigenvalue weighted by Gasteiger charge is -2.05. The lowest BCUT2D eigenvalue weighted by molar-refractivity contribution is 0.340. The fourth-order valence-electron chi connectivity index (χ4n) is 1.41. The lowest BCUT2D eigenvalue weighted by atomic mass is 10.2. The number of nitrogens with zero attached hydrogens (tertiary/aromatic N) is 1. The van der Waals surface area contributed by atoms with Crippen molar-refractivity contribution in [1.29, 1.82) is 0 Å². The van der Waals surface area contributed by atoms with Crippen LogP contribution in [0, 0.1) is 0 Å². The second-order valence-electron chi connectivity index (χ2n) is 3.58. The highest BCUT2D eigenvalue weighted by molar-refractivity contribution is 7.89. The molecule has 17 heavy (non-hydrogen) atoms. The van der Waals surface area contributed by atoms with Gasteiger partial charge >= 0.3 is 0 Å². The van der Waals surface area contributed by atoms with Gasteiger partial charge in [0, 0.05) is 5.39 Å². The number of fused-ring (bicyclic) bond motifs is 1. The van der Waals surface area contributed by atoms with Crippen LogP contribution in [0.4, 0.5) is 0 Å². The van der Waals surface area contributed by atoms with Crippen LogP contribution in [0.25, 0.3) is 10.9 Å². The maximum atomic E-state index is 10.7. The Hall–Kier alpha value is -1.66. The molecule has 6 heteroatoms. The van der Waals surface area contributed by atoms with Crippen LogP contribution in [0.1, 0.15) is 0 Å². The van der Waals surface area contributed by atoms with Gasteiger partial charge in [-0.15, -0.1) is 0 Å². The smallest absolute Gasteiger partial charge is 0.212 e. The molecule has 0 spiro atoms. The molecule has 1 heterocycles. The molecule has 0 amide bonds. The maximum absolute atomic E-state index is 10.7. The number of primary sulfonamides is 1. The Labute approximate surface area is 99.3 Å². The van der Waals surface area contributed by atoms with Gasteiger partial charge in [0.05, 0.1) is 17.5 Å². The molecule has 1 aromatic heterocycles. The van der Waals surface area contributed by atoms with Crippen LogP contribution in [-0.2, 0) is 10.0 Å². The average molecular weight is 252 g/mol. The van der Waals surface area contributed by atoms with E-state index in [2.05, 4.69) is 4.98 Å². The van der Waals surface area contributed by atoms with E-state index in [1.54, 1.807) is 6.20 Å². The highest BCUT2D eigenvalue weighted by Crippen LogP contribution is 2.17. The second-order valence-corrected chi connectivity index (χ2v) is 5.31. The van der Waals surface area contributed by atoms with Crippen molar-refractivity contribution in [3.63, 3.8) is 0 Å². The van der Waals surface area contributed by atoms with E-state index in [0.717, 1.165) is 10.9 Å². The van der Waals surface area contributed by atoms with E-state index in [1.165, 1.54) is 0 Å². The zero-order valence-corrected chi connectivity index (χ0v) is 9.85. The molecule has 0 saturated carbocycles. The van der Waals surface area contributed by atoms with E-state index in [0.29, 0.717) is 5.75 Å². The summed E-state index contributed by atoms with van der Waals surface area (Å²) < 4.78 is 26.7. The van der Waals surface area contributed by atoms with Crippen LogP contribution in [0.5, 0.6) is 5.75 Å². The van der Waals surface area contributed by atoms with Crippen molar-refractivity contribution in [3.05, 3.63) is 36.5 Å². The van der Waals surface area contributed by atoms with Crippen LogP contribution in [0.2, 0.25) is 0 Å². The van der Waals surface area contributed by atoms with Crippen LogP contribution < -0.4 is 9.88 Å². The summed E-state index contributed by atoms with van der Waals surface area (Å²) in [5.41, 5.74) is 0.867. The minimum Gasteiger partial charge on any atom is -0.491 e. The summed E-state index contributed by atoms with van der Waals surface area (Å²) in [7, 11) is -3.48. The highest BCUT2D eigenvalue weighted by atomic mass is 32.2. The van der Waals surface area contributed by atoms with Crippen molar-refractivity contribution >= 4 is 20.9 Å². The van der Waals surface area contributed by atoms with E-state index < -0.39 is 10.0 Å². The van der Waals surface area contributed by atoms with Crippen molar-refractivity contribution in [1.82, 2.24) is 4.98 Å². The van der Waals surface area contributed by atoms with Gasteiger partial charge in [0.25, 0.3) is 0 Å². The zero-order valence-electron chi connectivity index (χ0n) is 9.04. The molecule has 90 valence electrons. The maximum Gasteiger partial charge on any atom is 0.212 e. The predicted octanol–water partition coefficient (Wildman–Crippen LogP) is 0.902. The number of nitrogens with two attached hydrogens (primary N) is 1. The fourth-order valence-corrected chi connectivity index (χ4v) is 1.72. The minimum absolute atomic E-state index is 0.0266. The van der Waals surface area contributed by atoms with Crippen molar-refractivity contribution in [2.45, 2.75) is 0 Å². The van der Waals surface area contributed by atoms with E-state index in [9.17, 15) is 8.42 Å². The molecule has 0 aliphatic carbocycles. The minimum atomic E-state index is -3.48. The van der Waals surface area contributed by atoms with E-state index in [-0.39, 0.29) is 12.4 Å². The highest BCUT2D eigenvalue weighted by Gasteiger charge is 2.03. The topological polar surface area (TPSA) is 82.3 Å². The Morgan fingerprint density at radius 1 is 1.29 bits per heavy atom. The first kappa shape index (κ1) is 11.8. The molecule has 0 unspecified atom stereocenters. The molecule has 0 fully saturated rings. The van der Waals surface area contributed by atoms with Gasteiger partial charge in [-0.25, -0.2) is 13.6 Å². The normalized spacial score (nSPS) is 11.6. The van der Waals surface area contributed by atoms with Crippen LogP contribution in [0.15, 0.2) is 36.5 Å². The molecule has 0 bridgehead atoms. The molecule has 1 aromatic carbocycles. The number of sulfonamides is 1. The van der Waals surface area contributed by atoms with Crippen molar-refractivity contribution < 1.29 is 13.2 Å². The molecule has 0 aliphatic heterocycles. The molecule has 0 aliphatic rings. The van der Waals surface area contributed by atoms with Gasteiger partial charge in [0.1, 0.15) is 12.4 Å². The first-order chi connectivity index (χ1) is 8.04. The summed E-state index contributed by atoms with van der Waals surface area (Å²) in [5.74, 6) is 0.326. The summed E-state index contributed by atoms with van der Waals surface area (Å²) in [6.45, 7) is 0.0266. The van der Waals surface area contributed by atoms with Gasteiger partial charge in [0.15, 0.2) is 0 Å². The van der Waals surface area contributed by atoms with E-state index in [1.807, 2.05) is 30.3 Å². The Morgan fingerprint density at radius 3 is 2.82 bits per heavy atom.